The molecule has 1 unspecified atom stereocenters. The summed E-state index contributed by atoms with van der Waals surface area (Å²) in [5.74, 6) is 0.770. The first-order valence-electron chi connectivity index (χ1n) is 10.3. The van der Waals surface area contributed by atoms with Crippen molar-refractivity contribution in [2.24, 2.45) is 5.73 Å². The number of aryl methyl sites for hydroxylation is 1. The first-order valence-corrected chi connectivity index (χ1v) is 10.7. The summed E-state index contributed by atoms with van der Waals surface area (Å²) in [6.45, 7) is 1.56. The van der Waals surface area contributed by atoms with E-state index in [-0.39, 0.29) is 23.8 Å². The molecule has 0 saturated heterocycles. The Labute approximate surface area is 201 Å². The molecule has 1 aliphatic heterocycles. The normalized spacial score (nSPS) is 14.5. The number of benzene rings is 3. The van der Waals surface area contributed by atoms with Crippen molar-refractivity contribution in [3.05, 3.63) is 93.8 Å². The van der Waals surface area contributed by atoms with Crippen LogP contribution < -0.4 is 24.7 Å². The van der Waals surface area contributed by atoms with Gasteiger partial charge in [-0.15, -0.1) is 0 Å². The van der Waals surface area contributed by atoms with Gasteiger partial charge in [0.15, 0.2) is 6.61 Å². The van der Waals surface area contributed by atoms with E-state index in [9.17, 15) is 10.1 Å². The van der Waals surface area contributed by atoms with Crippen molar-refractivity contribution in [2.45, 2.75) is 12.8 Å². The van der Waals surface area contributed by atoms with Gasteiger partial charge >= 0.3 is 5.97 Å². The average molecular weight is 477 g/mol. The van der Waals surface area contributed by atoms with Crippen LogP contribution in [0.1, 0.15) is 22.6 Å². The number of carbonyl (C=O) groups excluding carboxylic acids is 1. The van der Waals surface area contributed by atoms with Gasteiger partial charge in [-0.25, -0.2) is 4.79 Å². The van der Waals surface area contributed by atoms with Crippen LogP contribution in [-0.2, 0) is 4.79 Å². The lowest BCUT2D eigenvalue weighted by Crippen LogP contribution is -2.21. The van der Waals surface area contributed by atoms with Gasteiger partial charge in [-0.05, 0) is 54.4 Å². The number of ether oxygens (including phenoxy) is 4. The quantitative estimate of drug-likeness (QED) is 0.400. The molecule has 0 aliphatic carbocycles. The largest absolute Gasteiger partial charge is 0.497 e. The van der Waals surface area contributed by atoms with Crippen LogP contribution in [0.4, 0.5) is 0 Å². The molecule has 1 heterocycles. The molecule has 0 bridgehead atoms. The zero-order chi connectivity index (χ0) is 24.2. The number of methoxy groups -OCH3 is 1. The van der Waals surface area contributed by atoms with Crippen molar-refractivity contribution in [1.82, 2.24) is 0 Å². The zero-order valence-corrected chi connectivity index (χ0v) is 19.3. The zero-order valence-electron chi connectivity index (χ0n) is 18.5. The summed E-state index contributed by atoms with van der Waals surface area (Å²) in [7, 11) is 1.57. The second-order valence-corrected chi connectivity index (χ2v) is 7.98. The van der Waals surface area contributed by atoms with E-state index in [1.165, 1.54) is 0 Å². The number of rotatable bonds is 6. The van der Waals surface area contributed by atoms with Gasteiger partial charge in [0.05, 0.1) is 13.0 Å². The molecular formula is C26H21ClN2O5. The van der Waals surface area contributed by atoms with Crippen molar-refractivity contribution >= 4 is 17.6 Å². The van der Waals surface area contributed by atoms with E-state index in [2.05, 4.69) is 6.07 Å². The third kappa shape index (κ3) is 4.77. The highest BCUT2D eigenvalue weighted by Gasteiger charge is 2.31. The Kier molecular flexibility index (Phi) is 6.62. The van der Waals surface area contributed by atoms with Gasteiger partial charge in [0, 0.05) is 16.7 Å². The molecule has 172 valence electrons. The molecule has 3 aromatic rings. The summed E-state index contributed by atoms with van der Waals surface area (Å²) in [5, 5.41) is 10.3. The molecular weight excluding hydrogens is 456 g/mol. The standard InChI is InChI=1S/C26H21ClN2O5/c1-15-10-18(7-9-22(15)27)32-14-24(30)33-19-6-8-20-23(12-19)34-26(29)21(13-28)25(20)16-4-3-5-17(11-16)31-2/h3-12,25H,14,29H2,1-2H3. The summed E-state index contributed by atoms with van der Waals surface area (Å²) >= 11 is 6.01. The smallest absolute Gasteiger partial charge is 0.349 e. The summed E-state index contributed by atoms with van der Waals surface area (Å²) < 4.78 is 21.9. The molecule has 0 saturated carbocycles. The number of nitrogens with two attached hydrogens (primary N) is 1. The Morgan fingerprint density at radius 3 is 2.65 bits per heavy atom. The van der Waals surface area contributed by atoms with Crippen LogP contribution >= 0.6 is 11.6 Å². The van der Waals surface area contributed by atoms with Crippen molar-refractivity contribution in [2.75, 3.05) is 13.7 Å². The molecule has 34 heavy (non-hydrogen) atoms. The number of hydrogen-bond acceptors (Lipinski definition) is 7. The highest BCUT2D eigenvalue weighted by molar-refractivity contribution is 6.31. The highest BCUT2D eigenvalue weighted by atomic mass is 35.5. The van der Waals surface area contributed by atoms with E-state index >= 15 is 0 Å². The molecule has 0 aromatic heterocycles. The molecule has 2 N–H and O–H groups in total. The fourth-order valence-electron chi connectivity index (χ4n) is 3.67. The maximum Gasteiger partial charge on any atom is 0.349 e. The van der Waals surface area contributed by atoms with Gasteiger partial charge in [-0.2, -0.15) is 5.26 Å². The minimum Gasteiger partial charge on any atom is -0.497 e. The topological polar surface area (TPSA) is 104 Å². The first-order chi connectivity index (χ1) is 16.4. The lowest BCUT2D eigenvalue weighted by Gasteiger charge is -2.27. The third-order valence-corrected chi connectivity index (χ3v) is 5.76. The molecule has 3 aromatic carbocycles. The van der Waals surface area contributed by atoms with Gasteiger partial charge in [-0.1, -0.05) is 29.8 Å². The summed E-state index contributed by atoms with van der Waals surface area (Å²) in [6, 6.07) is 19.6. The summed E-state index contributed by atoms with van der Waals surface area (Å²) in [5.41, 5.74) is 8.72. The summed E-state index contributed by atoms with van der Waals surface area (Å²) in [6.07, 6.45) is 0. The predicted molar refractivity (Wildman–Crippen MR) is 126 cm³/mol. The number of carbonyl (C=O) groups is 1. The predicted octanol–water partition coefficient (Wildman–Crippen LogP) is 4.86. The summed E-state index contributed by atoms with van der Waals surface area (Å²) in [4.78, 5) is 12.3. The van der Waals surface area contributed by atoms with E-state index in [1.54, 1.807) is 43.5 Å². The number of fused-ring (bicyclic) bond motifs is 1. The average Bonchev–Trinajstić information content (AvgIpc) is 2.83. The Morgan fingerprint density at radius 1 is 1.12 bits per heavy atom. The van der Waals surface area contributed by atoms with Crippen molar-refractivity contribution in [1.29, 1.82) is 5.26 Å². The molecule has 4 rings (SSSR count). The molecule has 0 radical (unpaired) electrons. The van der Waals surface area contributed by atoms with E-state index in [1.807, 2.05) is 31.2 Å². The van der Waals surface area contributed by atoms with Gasteiger partial charge in [-0.3, -0.25) is 0 Å². The number of hydrogen-bond donors (Lipinski definition) is 1. The van der Waals surface area contributed by atoms with Gasteiger partial charge in [0.25, 0.3) is 0 Å². The van der Waals surface area contributed by atoms with E-state index in [4.69, 9.17) is 36.3 Å². The van der Waals surface area contributed by atoms with Gasteiger partial charge < -0.3 is 24.7 Å². The van der Waals surface area contributed by atoms with Crippen LogP contribution in [0.2, 0.25) is 5.02 Å². The van der Waals surface area contributed by atoms with Crippen LogP contribution in [0.3, 0.4) is 0 Å². The number of nitrogens with zero attached hydrogens (tertiary/aromatic N) is 1. The fourth-order valence-corrected chi connectivity index (χ4v) is 3.79. The number of allylic oxidation sites excluding steroid dienone is 1. The molecule has 0 amide bonds. The Hall–Kier alpha value is -4.15. The number of halogens is 1. The Bertz CT molecular complexity index is 1330. The van der Waals surface area contributed by atoms with Gasteiger partial charge in [0.2, 0.25) is 5.88 Å². The van der Waals surface area contributed by atoms with Crippen LogP contribution in [0.25, 0.3) is 0 Å². The van der Waals surface area contributed by atoms with Crippen LogP contribution in [0, 0.1) is 18.3 Å². The minimum atomic E-state index is -0.589. The van der Waals surface area contributed by atoms with Crippen molar-refractivity contribution in [3.63, 3.8) is 0 Å². The lowest BCUT2D eigenvalue weighted by molar-refractivity contribution is -0.136. The van der Waals surface area contributed by atoms with Crippen LogP contribution in [-0.4, -0.2) is 19.7 Å². The maximum absolute atomic E-state index is 12.3. The van der Waals surface area contributed by atoms with Crippen molar-refractivity contribution in [3.8, 4) is 29.1 Å². The fraction of sp³-hybridized carbons (Fsp3) is 0.154. The molecule has 1 atom stereocenters. The second kappa shape index (κ2) is 9.77. The highest BCUT2D eigenvalue weighted by Crippen LogP contribution is 2.44. The van der Waals surface area contributed by atoms with Crippen LogP contribution in [0.5, 0.6) is 23.0 Å². The van der Waals surface area contributed by atoms with E-state index in [0.717, 1.165) is 11.1 Å². The third-order valence-electron chi connectivity index (χ3n) is 5.34. The molecule has 7 nitrogen and oxygen atoms in total. The first kappa shape index (κ1) is 23.0. The molecule has 8 heteroatoms. The monoisotopic (exact) mass is 476 g/mol. The Morgan fingerprint density at radius 2 is 1.91 bits per heavy atom. The van der Waals surface area contributed by atoms with E-state index in [0.29, 0.717) is 27.8 Å². The SMILES string of the molecule is COc1cccc(C2C(C#N)=C(N)Oc3cc(OC(=O)COc4ccc(Cl)c(C)c4)ccc32)c1. The van der Waals surface area contributed by atoms with E-state index < -0.39 is 11.9 Å². The Balaban J connectivity index is 1.54. The van der Waals surface area contributed by atoms with Crippen molar-refractivity contribution < 1.29 is 23.7 Å². The molecule has 0 spiro atoms. The number of esters is 1. The molecule has 0 fully saturated rings. The van der Waals surface area contributed by atoms with Crippen LogP contribution in [0.15, 0.2) is 72.1 Å². The lowest BCUT2D eigenvalue weighted by atomic mass is 9.83. The molecule has 1 aliphatic rings. The maximum atomic E-state index is 12.3. The number of nitriles is 1. The second-order valence-electron chi connectivity index (χ2n) is 7.57. The minimum absolute atomic E-state index is 0.00672. The van der Waals surface area contributed by atoms with Gasteiger partial charge in [0.1, 0.15) is 34.6 Å².